The summed E-state index contributed by atoms with van der Waals surface area (Å²) in [7, 11) is 0. The number of likely N-dealkylation sites (N-methyl/N-ethyl adjacent to an activating group) is 1. The highest BCUT2D eigenvalue weighted by Crippen LogP contribution is 2.38. The molecule has 1 atom stereocenters. The Bertz CT molecular complexity index is 1120. The quantitative estimate of drug-likeness (QED) is 0.552. The van der Waals surface area contributed by atoms with Gasteiger partial charge < -0.3 is 14.2 Å². The Morgan fingerprint density at radius 3 is 2.55 bits per heavy atom. The van der Waals surface area contributed by atoms with Crippen molar-refractivity contribution in [2.45, 2.75) is 19.9 Å². The van der Waals surface area contributed by atoms with Gasteiger partial charge >= 0.3 is 0 Å². The van der Waals surface area contributed by atoms with Crippen molar-refractivity contribution >= 4 is 32.8 Å². The van der Waals surface area contributed by atoms with E-state index in [4.69, 9.17) is 4.42 Å². The molecule has 0 spiro atoms. The second-order valence-corrected chi connectivity index (χ2v) is 8.07. The second kappa shape index (κ2) is 8.13. The van der Waals surface area contributed by atoms with Crippen molar-refractivity contribution in [1.82, 2.24) is 9.80 Å². The summed E-state index contributed by atoms with van der Waals surface area (Å²) in [4.78, 5) is 30.7. The zero-order chi connectivity index (χ0) is 20.5. The molecule has 2 aromatic carbocycles. The van der Waals surface area contributed by atoms with E-state index >= 15 is 0 Å². The molecule has 0 saturated heterocycles. The van der Waals surface area contributed by atoms with E-state index in [1.54, 1.807) is 23.1 Å². The maximum absolute atomic E-state index is 13.4. The molecular formula is C23H23BrN2O3. The molecule has 0 fully saturated rings. The Morgan fingerprint density at radius 2 is 1.83 bits per heavy atom. The molecule has 1 aromatic heterocycles. The molecule has 2 heterocycles. The molecule has 1 aliphatic heterocycles. The SMILES string of the molecule is CCN(CC)CCN1C(=O)c2oc3ccccc3c(=O)c2[C@H]1c1cccc(Br)c1. The number of benzene rings is 2. The highest BCUT2D eigenvalue weighted by Gasteiger charge is 2.42. The van der Waals surface area contributed by atoms with Gasteiger partial charge in [0.1, 0.15) is 5.58 Å². The summed E-state index contributed by atoms with van der Waals surface area (Å²) in [5, 5.41) is 0.504. The van der Waals surface area contributed by atoms with Crippen LogP contribution >= 0.6 is 15.9 Å². The van der Waals surface area contributed by atoms with Crippen molar-refractivity contribution in [2.75, 3.05) is 26.2 Å². The van der Waals surface area contributed by atoms with Gasteiger partial charge in [0.15, 0.2) is 5.43 Å². The molecule has 0 saturated carbocycles. The van der Waals surface area contributed by atoms with Gasteiger partial charge in [0, 0.05) is 17.6 Å². The summed E-state index contributed by atoms with van der Waals surface area (Å²) in [5.74, 6) is -0.0572. The van der Waals surface area contributed by atoms with Gasteiger partial charge in [0.25, 0.3) is 5.91 Å². The van der Waals surface area contributed by atoms with Crippen molar-refractivity contribution in [3.05, 3.63) is 80.1 Å². The van der Waals surface area contributed by atoms with Crippen molar-refractivity contribution in [3.8, 4) is 0 Å². The molecule has 0 radical (unpaired) electrons. The van der Waals surface area contributed by atoms with Crippen LogP contribution in [0.5, 0.6) is 0 Å². The molecule has 1 amide bonds. The first-order valence-corrected chi connectivity index (χ1v) is 10.7. The maximum Gasteiger partial charge on any atom is 0.290 e. The third-order valence-corrected chi connectivity index (χ3v) is 6.08. The number of fused-ring (bicyclic) bond motifs is 2. The Labute approximate surface area is 178 Å². The topological polar surface area (TPSA) is 53.8 Å². The third kappa shape index (κ3) is 3.51. The average molecular weight is 455 g/mol. The summed E-state index contributed by atoms with van der Waals surface area (Å²) in [5.41, 5.74) is 1.65. The van der Waals surface area contributed by atoms with E-state index < -0.39 is 6.04 Å². The van der Waals surface area contributed by atoms with Crippen molar-refractivity contribution in [3.63, 3.8) is 0 Å². The number of halogens is 1. The first-order valence-electron chi connectivity index (χ1n) is 9.89. The molecule has 4 rings (SSSR count). The van der Waals surface area contributed by atoms with Crippen LogP contribution in [0.2, 0.25) is 0 Å². The van der Waals surface area contributed by atoms with Crippen LogP contribution in [-0.2, 0) is 0 Å². The Kier molecular flexibility index (Phi) is 5.56. The van der Waals surface area contributed by atoms with Gasteiger partial charge in [-0.15, -0.1) is 0 Å². The van der Waals surface area contributed by atoms with E-state index in [0.717, 1.165) is 29.7 Å². The predicted molar refractivity (Wildman–Crippen MR) is 117 cm³/mol. The lowest BCUT2D eigenvalue weighted by molar-refractivity contribution is 0.0708. The van der Waals surface area contributed by atoms with Gasteiger partial charge in [-0.25, -0.2) is 0 Å². The lowest BCUT2D eigenvalue weighted by atomic mass is 9.98. The normalized spacial score (nSPS) is 16.1. The molecule has 0 aliphatic carbocycles. The number of carbonyl (C=O) groups is 1. The largest absolute Gasteiger partial charge is 0.450 e. The third-order valence-electron chi connectivity index (χ3n) is 5.59. The number of amides is 1. The van der Waals surface area contributed by atoms with Gasteiger partial charge in [0.05, 0.1) is 17.0 Å². The minimum absolute atomic E-state index is 0.134. The summed E-state index contributed by atoms with van der Waals surface area (Å²) in [6, 6.07) is 14.4. The minimum atomic E-state index is -0.452. The number of hydrogen-bond donors (Lipinski definition) is 0. The van der Waals surface area contributed by atoms with E-state index in [0.29, 0.717) is 23.1 Å². The summed E-state index contributed by atoms with van der Waals surface area (Å²) in [6.45, 7) is 7.30. The molecule has 3 aromatic rings. The van der Waals surface area contributed by atoms with Gasteiger partial charge in [0.2, 0.25) is 5.76 Å². The minimum Gasteiger partial charge on any atom is -0.450 e. The van der Waals surface area contributed by atoms with Gasteiger partial charge in [-0.1, -0.05) is 54.0 Å². The lowest BCUT2D eigenvalue weighted by Gasteiger charge is -2.28. The van der Waals surface area contributed by atoms with Crippen LogP contribution in [0.4, 0.5) is 0 Å². The molecule has 29 heavy (non-hydrogen) atoms. The molecule has 0 N–H and O–H groups in total. The molecule has 150 valence electrons. The van der Waals surface area contributed by atoms with E-state index in [9.17, 15) is 9.59 Å². The van der Waals surface area contributed by atoms with Crippen LogP contribution in [0.15, 0.2) is 62.2 Å². The first-order chi connectivity index (χ1) is 14.0. The maximum atomic E-state index is 13.4. The molecule has 6 heteroatoms. The van der Waals surface area contributed by atoms with Gasteiger partial charge in [-0.05, 0) is 42.9 Å². The number of para-hydroxylation sites is 1. The highest BCUT2D eigenvalue weighted by molar-refractivity contribution is 9.10. The van der Waals surface area contributed by atoms with Crippen molar-refractivity contribution in [2.24, 2.45) is 0 Å². The molecule has 1 aliphatic rings. The highest BCUT2D eigenvalue weighted by atomic mass is 79.9. The zero-order valence-corrected chi connectivity index (χ0v) is 18.1. The van der Waals surface area contributed by atoms with Crippen molar-refractivity contribution < 1.29 is 9.21 Å². The average Bonchev–Trinajstić information content (AvgIpc) is 3.01. The van der Waals surface area contributed by atoms with E-state index in [1.807, 2.05) is 30.3 Å². The van der Waals surface area contributed by atoms with Crippen LogP contribution in [0.25, 0.3) is 11.0 Å². The fourth-order valence-electron chi connectivity index (χ4n) is 4.01. The number of hydrogen-bond acceptors (Lipinski definition) is 4. The van der Waals surface area contributed by atoms with Crippen LogP contribution in [-0.4, -0.2) is 41.9 Å². The van der Waals surface area contributed by atoms with Gasteiger partial charge in [-0.3, -0.25) is 9.59 Å². The lowest BCUT2D eigenvalue weighted by Crippen LogP contribution is -2.37. The molecule has 5 nitrogen and oxygen atoms in total. The molecule has 0 unspecified atom stereocenters. The molecular weight excluding hydrogens is 432 g/mol. The summed E-state index contributed by atoms with van der Waals surface area (Å²) >= 11 is 3.51. The standard InChI is InChI=1S/C23H23BrN2O3/c1-3-25(4-2)12-13-26-20(15-8-7-9-16(24)14-15)19-21(27)17-10-5-6-11-18(17)29-22(19)23(26)28/h5-11,14,20H,3-4,12-13H2,1-2H3/t20-/m1/s1. The van der Waals surface area contributed by atoms with Crippen molar-refractivity contribution in [1.29, 1.82) is 0 Å². The van der Waals surface area contributed by atoms with E-state index in [2.05, 4.69) is 34.7 Å². The van der Waals surface area contributed by atoms with Gasteiger partial charge in [-0.2, -0.15) is 0 Å². The van der Waals surface area contributed by atoms with Crippen LogP contribution in [0.1, 0.15) is 41.6 Å². The molecule has 0 bridgehead atoms. The number of rotatable bonds is 6. The first kappa shape index (κ1) is 19.9. The Morgan fingerprint density at radius 1 is 1.07 bits per heavy atom. The second-order valence-electron chi connectivity index (χ2n) is 7.15. The Hall–Kier alpha value is -2.44. The summed E-state index contributed by atoms with van der Waals surface area (Å²) in [6.07, 6.45) is 0. The predicted octanol–water partition coefficient (Wildman–Crippen LogP) is 4.44. The smallest absolute Gasteiger partial charge is 0.290 e. The van der Waals surface area contributed by atoms with E-state index in [-0.39, 0.29) is 17.1 Å². The Balaban J connectivity index is 1.87. The van der Waals surface area contributed by atoms with Crippen LogP contribution in [0, 0.1) is 0 Å². The number of carbonyl (C=O) groups excluding carboxylic acids is 1. The fraction of sp³-hybridized carbons (Fsp3) is 0.304. The summed E-state index contributed by atoms with van der Waals surface area (Å²) < 4.78 is 6.86. The van der Waals surface area contributed by atoms with E-state index in [1.165, 1.54) is 0 Å². The monoisotopic (exact) mass is 454 g/mol. The zero-order valence-electron chi connectivity index (χ0n) is 16.5. The van der Waals surface area contributed by atoms with Crippen LogP contribution in [0.3, 0.4) is 0 Å². The van der Waals surface area contributed by atoms with Crippen LogP contribution < -0.4 is 5.43 Å². The fourth-order valence-corrected chi connectivity index (χ4v) is 4.43. The number of nitrogens with zero attached hydrogens (tertiary/aromatic N) is 2.